The van der Waals surface area contributed by atoms with Crippen LogP contribution >= 0.6 is 12.0 Å². The van der Waals surface area contributed by atoms with Gasteiger partial charge in [0.2, 0.25) is 0 Å². The van der Waals surface area contributed by atoms with Gasteiger partial charge in [-0.1, -0.05) is 36.4 Å². The van der Waals surface area contributed by atoms with Crippen molar-refractivity contribution >= 4 is 62.0 Å². The second kappa shape index (κ2) is 18.4. The Labute approximate surface area is 296 Å². The van der Waals surface area contributed by atoms with Crippen molar-refractivity contribution in [1.82, 2.24) is 0 Å². The van der Waals surface area contributed by atoms with Crippen LogP contribution in [0.2, 0.25) is 0 Å². The van der Waals surface area contributed by atoms with E-state index in [1.165, 1.54) is 0 Å². The van der Waals surface area contributed by atoms with E-state index in [2.05, 4.69) is 39.6 Å². The summed E-state index contributed by atoms with van der Waals surface area (Å²) in [6.07, 6.45) is 0. The number of rotatable bonds is 11. The van der Waals surface area contributed by atoms with Crippen LogP contribution in [0.5, 0.6) is 5.75 Å². The normalized spacial score (nSPS) is 11.1. The molecule has 0 aliphatic heterocycles. The largest absolute Gasteiger partial charge is 1.00 e. The van der Waals surface area contributed by atoms with E-state index in [0.717, 1.165) is 0 Å². The average Bonchev–Trinajstić information content (AvgIpc) is 2.99. The number of hydrogen-bond donors (Lipinski definition) is 2. The molecule has 0 aliphatic rings. The predicted octanol–water partition coefficient (Wildman–Crippen LogP) is -4.06. The van der Waals surface area contributed by atoms with Gasteiger partial charge in [-0.3, -0.25) is 5.04 Å². The number of benzene rings is 5. The van der Waals surface area contributed by atoms with Gasteiger partial charge in [0.05, 0.1) is 47.2 Å². The first-order valence-electron chi connectivity index (χ1n) is 12.2. The summed E-state index contributed by atoms with van der Waals surface area (Å²) >= 11 is 0.576. The third-order valence-electron chi connectivity index (χ3n) is 6.13. The molecule has 0 spiro atoms. The molecule has 0 radical (unpaired) electrons. The van der Waals surface area contributed by atoms with Gasteiger partial charge in [0, 0.05) is 21.8 Å². The second-order valence-electron chi connectivity index (χ2n) is 8.85. The molecule has 0 amide bonds. The van der Waals surface area contributed by atoms with Gasteiger partial charge in [-0.2, -0.15) is 9.45 Å². The fourth-order valence-corrected chi connectivity index (χ4v) is 4.82. The standard InChI is InChI=1S/C28H23N5O8S.3Li/c29-19-6-5-18-12-26(42-41-40-37)27(28(34)23(18)13-19)33-32-25-8-7-24(21-3-1-2-4-22(21)25)31-30-20-10-16(14-38-35)9-17(11-20)15-39-36;;;/h1-13,34-37H,14-15,29H2;;;/q;3*+1/p-3. The zero-order valence-corrected chi connectivity index (χ0v) is 25.3. The fraction of sp³-hybridized carbons (Fsp3) is 0.0714. The van der Waals surface area contributed by atoms with E-state index in [-0.39, 0.29) is 86.1 Å². The summed E-state index contributed by atoms with van der Waals surface area (Å²) in [6.45, 7) is -0.428. The maximum Gasteiger partial charge on any atom is 1.00 e. The molecule has 0 atom stereocenters. The van der Waals surface area contributed by atoms with Gasteiger partial charge in [-0.15, -0.1) is 15.3 Å². The Morgan fingerprint density at radius 3 is 1.87 bits per heavy atom. The number of nitrogens with two attached hydrogens (primary N) is 1. The molecule has 3 N–H and O–H groups in total. The molecule has 0 fully saturated rings. The van der Waals surface area contributed by atoms with Crippen molar-refractivity contribution in [3.8, 4) is 5.75 Å². The zero-order chi connectivity index (χ0) is 29.5. The van der Waals surface area contributed by atoms with E-state index in [4.69, 9.17) is 5.73 Å². The maximum absolute atomic E-state index is 11.0. The molecule has 17 heteroatoms. The van der Waals surface area contributed by atoms with Gasteiger partial charge < -0.3 is 36.4 Å². The number of phenolic OH excluding ortho intramolecular Hbond substituents is 1. The SMILES string of the molecule is Nc1ccc2cc(SOO[O-])c(N=Nc3ccc(N=Nc4cc(CO[O-])cc(CO[O-])c4)c4ccccc34)c(O)c2c1.[Li+].[Li+].[Li+]. The summed E-state index contributed by atoms with van der Waals surface area (Å²) < 4.78 is 4.49. The molecule has 0 saturated carbocycles. The molecular weight excluding hydrogens is 587 g/mol. The molecule has 0 bridgehead atoms. The molecule has 0 unspecified atom stereocenters. The van der Waals surface area contributed by atoms with Crippen LogP contribution in [-0.4, -0.2) is 5.11 Å². The average molecular weight is 607 g/mol. The van der Waals surface area contributed by atoms with Gasteiger partial charge in [-0.05, 0) is 59.0 Å². The number of fused-ring (bicyclic) bond motifs is 2. The Balaban J connectivity index is 0.00000235. The Morgan fingerprint density at radius 2 is 1.29 bits per heavy atom. The van der Waals surface area contributed by atoms with Crippen molar-refractivity contribution < 1.29 is 96.6 Å². The molecule has 0 heterocycles. The van der Waals surface area contributed by atoms with Gasteiger partial charge in [0.1, 0.15) is 5.69 Å². The minimum Gasteiger partial charge on any atom is -0.723 e. The van der Waals surface area contributed by atoms with Gasteiger partial charge >= 0.3 is 56.6 Å². The van der Waals surface area contributed by atoms with Crippen LogP contribution in [0, 0.1) is 0 Å². The molecule has 5 aromatic rings. The van der Waals surface area contributed by atoms with Crippen molar-refractivity contribution in [1.29, 1.82) is 0 Å². The summed E-state index contributed by atoms with van der Waals surface area (Å²) in [6, 6.07) is 22.1. The minimum absolute atomic E-state index is 0. The topological polar surface area (TPSA) is 202 Å². The van der Waals surface area contributed by atoms with Crippen molar-refractivity contribution in [3.05, 3.63) is 90.0 Å². The van der Waals surface area contributed by atoms with E-state index < -0.39 is 0 Å². The van der Waals surface area contributed by atoms with Crippen LogP contribution < -0.4 is 78.1 Å². The minimum atomic E-state index is -0.214. The van der Waals surface area contributed by atoms with Crippen LogP contribution in [0.3, 0.4) is 0 Å². The first-order valence-corrected chi connectivity index (χ1v) is 12.9. The molecule has 45 heavy (non-hydrogen) atoms. The quantitative estimate of drug-likeness (QED) is 0.0372. The Hall–Kier alpha value is -2.72. The number of nitrogen functional groups attached to an aromatic ring is 1. The van der Waals surface area contributed by atoms with Crippen LogP contribution in [0.4, 0.5) is 28.4 Å². The van der Waals surface area contributed by atoms with Gasteiger partial charge in [0.15, 0.2) is 5.75 Å². The maximum atomic E-state index is 11.0. The smallest absolute Gasteiger partial charge is 0.723 e. The number of hydrogen-bond acceptors (Lipinski definition) is 14. The first kappa shape index (κ1) is 38.5. The van der Waals surface area contributed by atoms with E-state index >= 15 is 0 Å². The fourth-order valence-electron chi connectivity index (χ4n) is 4.33. The number of anilines is 1. The number of aromatic hydroxyl groups is 1. The third kappa shape index (κ3) is 9.41. The summed E-state index contributed by atoms with van der Waals surface area (Å²) in [7, 11) is 0. The summed E-state index contributed by atoms with van der Waals surface area (Å²) in [5, 5.41) is 66.0. The Kier molecular flexibility index (Phi) is 15.8. The van der Waals surface area contributed by atoms with E-state index in [1.807, 2.05) is 24.3 Å². The van der Waals surface area contributed by atoms with E-state index in [9.17, 15) is 20.9 Å². The molecule has 214 valence electrons. The van der Waals surface area contributed by atoms with Crippen LogP contribution in [0.25, 0.3) is 21.5 Å². The monoisotopic (exact) mass is 607 g/mol. The van der Waals surface area contributed by atoms with Gasteiger partial charge in [-0.25, -0.2) is 0 Å². The third-order valence-corrected chi connectivity index (χ3v) is 6.74. The van der Waals surface area contributed by atoms with E-state index in [0.29, 0.717) is 67.5 Å². The van der Waals surface area contributed by atoms with E-state index in [1.54, 1.807) is 54.6 Å². The molecule has 5 aromatic carbocycles. The number of nitrogens with zero attached hydrogens (tertiary/aromatic N) is 4. The Bertz CT molecular complexity index is 1790. The van der Waals surface area contributed by atoms with Crippen LogP contribution in [-0.2, 0) is 32.4 Å². The first-order chi connectivity index (χ1) is 20.5. The molecular formula is C28H20Li3N5O8S. The molecule has 13 nitrogen and oxygen atoms in total. The Morgan fingerprint density at radius 1 is 0.689 bits per heavy atom. The van der Waals surface area contributed by atoms with Crippen molar-refractivity contribution in [2.45, 2.75) is 18.1 Å². The van der Waals surface area contributed by atoms with Crippen molar-refractivity contribution in [2.24, 2.45) is 20.5 Å². The number of azo groups is 2. The summed E-state index contributed by atoms with van der Waals surface area (Å²) in [5.74, 6) is -0.207. The molecule has 0 aliphatic carbocycles. The summed E-state index contributed by atoms with van der Waals surface area (Å²) in [4.78, 5) is 8.19. The predicted molar refractivity (Wildman–Crippen MR) is 146 cm³/mol. The molecule has 0 saturated heterocycles. The number of phenols is 1. The van der Waals surface area contributed by atoms with Crippen molar-refractivity contribution in [3.63, 3.8) is 0 Å². The zero-order valence-electron chi connectivity index (χ0n) is 24.5. The van der Waals surface area contributed by atoms with Gasteiger partial charge in [0.25, 0.3) is 0 Å². The second-order valence-corrected chi connectivity index (χ2v) is 9.60. The van der Waals surface area contributed by atoms with Crippen molar-refractivity contribution in [2.75, 3.05) is 5.73 Å². The van der Waals surface area contributed by atoms with Crippen LogP contribution in [0.15, 0.2) is 104 Å². The molecule has 5 rings (SSSR count). The molecule has 0 aromatic heterocycles. The summed E-state index contributed by atoms with van der Waals surface area (Å²) in [5.41, 5.74) is 8.77. The van der Waals surface area contributed by atoms with Crippen LogP contribution in [0.1, 0.15) is 11.1 Å².